The van der Waals surface area contributed by atoms with Crippen LogP contribution in [0.1, 0.15) is 49.9 Å². The number of rotatable bonds is 7. The zero-order valence-electron chi connectivity index (χ0n) is 28.2. The Bertz CT molecular complexity index is 1610. The third kappa shape index (κ3) is 13.4. The van der Waals surface area contributed by atoms with Gasteiger partial charge in [0.2, 0.25) is 0 Å². The molecular weight excluding hydrogens is 737 g/mol. The Morgan fingerprint density at radius 1 is 0.811 bits per heavy atom. The Labute approximate surface area is 296 Å². The van der Waals surface area contributed by atoms with E-state index >= 15 is 0 Å². The average Bonchev–Trinajstić information content (AvgIpc) is 3.43. The number of alkyl halides is 9. The number of nitrogens with zero attached hydrogens (tertiary/aromatic N) is 7. The third-order valence-electron chi connectivity index (χ3n) is 8.17. The summed E-state index contributed by atoms with van der Waals surface area (Å²) in [6.07, 6.45) is -3.33. The molecule has 2 saturated heterocycles. The first-order valence-corrected chi connectivity index (χ1v) is 16.2. The summed E-state index contributed by atoms with van der Waals surface area (Å²) in [6, 6.07) is 6.94. The number of piperazine rings is 1. The molecule has 3 aromatic heterocycles. The van der Waals surface area contributed by atoms with Gasteiger partial charge in [-0.3, -0.25) is 18.9 Å². The number of imidazole rings is 1. The van der Waals surface area contributed by atoms with Crippen LogP contribution < -0.4 is 4.90 Å². The van der Waals surface area contributed by atoms with E-state index in [4.69, 9.17) is 34.7 Å². The predicted octanol–water partition coefficient (Wildman–Crippen LogP) is 5.32. The van der Waals surface area contributed by atoms with Crippen molar-refractivity contribution in [1.29, 1.82) is 0 Å². The molecule has 2 aliphatic heterocycles. The van der Waals surface area contributed by atoms with E-state index in [1.54, 1.807) is 0 Å². The van der Waals surface area contributed by atoms with Crippen molar-refractivity contribution in [2.24, 2.45) is 5.92 Å². The fourth-order valence-corrected chi connectivity index (χ4v) is 5.45. The molecule has 13 nitrogen and oxygen atoms in total. The molecule has 3 fully saturated rings. The second kappa shape index (κ2) is 18.0. The van der Waals surface area contributed by atoms with Gasteiger partial charge in [-0.05, 0) is 50.7 Å². The quantitative estimate of drug-likeness (QED) is 0.267. The van der Waals surface area contributed by atoms with Gasteiger partial charge in [-0.25, -0.2) is 19.4 Å². The molecule has 1 atom stereocenters. The molecule has 1 unspecified atom stereocenters. The minimum Gasteiger partial charge on any atom is -0.475 e. The monoisotopic (exact) mass is 775 g/mol. The zero-order chi connectivity index (χ0) is 39.7. The molecule has 0 amide bonds. The van der Waals surface area contributed by atoms with E-state index in [0.717, 1.165) is 57.4 Å². The normalized spacial score (nSPS) is 18.3. The van der Waals surface area contributed by atoms with Gasteiger partial charge < -0.3 is 20.2 Å². The molecular formula is C31H38F9N7O6. The lowest BCUT2D eigenvalue weighted by molar-refractivity contribution is -0.193. The second-order valence-corrected chi connectivity index (χ2v) is 12.3. The summed E-state index contributed by atoms with van der Waals surface area (Å²) < 4.78 is 99.6. The lowest BCUT2D eigenvalue weighted by atomic mass is 10.1. The van der Waals surface area contributed by atoms with Crippen molar-refractivity contribution in [2.75, 3.05) is 44.2 Å². The van der Waals surface area contributed by atoms with Crippen molar-refractivity contribution in [3.63, 3.8) is 0 Å². The number of aliphatic carboxylic acids is 3. The number of carbonyl (C=O) groups is 3. The number of hydrogen-bond acceptors (Lipinski definition) is 8. The van der Waals surface area contributed by atoms with Crippen LogP contribution in [0.2, 0.25) is 0 Å². The molecule has 0 aromatic carbocycles. The largest absolute Gasteiger partial charge is 0.490 e. The predicted molar refractivity (Wildman–Crippen MR) is 168 cm³/mol. The number of pyridine rings is 1. The number of fused-ring (bicyclic) bond motifs is 1. The topological polar surface area (TPSA) is 157 Å². The SMILES string of the molecule is CCn1cc(CN2CCN(CC3CC3)C(c3cn4c(N5CCCC5)cccc4n3)C2)cn1.O=C(O)C(F)(F)F.O=C(O)C(F)(F)F.O=C(O)C(F)(F)F. The number of hydrogen-bond donors (Lipinski definition) is 3. The Morgan fingerprint density at radius 3 is 1.83 bits per heavy atom. The summed E-state index contributed by atoms with van der Waals surface area (Å²) >= 11 is 0. The maximum absolute atomic E-state index is 10.6. The van der Waals surface area contributed by atoms with Gasteiger partial charge in [0.05, 0.1) is 17.9 Å². The lowest BCUT2D eigenvalue weighted by Gasteiger charge is -2.40. The summed E-state index contributed by atoms with van der Waals surface area (Å²) in [5.74, 6) is -6.08. The fourth-order valence-electron chi connectivity index (χ4n) is 5.45. The summed E-state index contributed by atoms with van der Waals surface area (Å²) in [5, 5.41) is 25.9. The molecule has 3 aromatic rings. The molecule has 1 saturated carbocycles. The van der Waals surface area contributed by atoms with Gasteiger partial charge >= 0.3 is 36.4 Å². The van der Waals surface area contributed by atoms with Crippen molar-refractivity contribution in [1.82, 2.24) is 29.0 Å². The molecule has 3 N–H and O–H groups in total. The van der Waals surface area contributed by atoms with Crippen molar-refractivity contribution in [2.45, 2.75) is 70.3 Å². The van der Waals surface area contributed by atoms with Crippen molar-refractivity contribution in [3.8, 4) is 0 Å². The van der Waals surface area contributed by atoms with Crippen LogP contribution in [0.25, 0.3) is 5.65 Å². The highest BCUT2D eigenvalue weighted by molar-refractivity contribution is 5.73. The van der Waals surface area contributed by atoms with Gasteiger partial charge in [-0.2, -0.15) is 44.6 Å². The maximum atomic E-state index is 10.6. The van der Waals surface area contributed by atoms with Crippen molar-refractivity contribution >= 4 is 29.4 Å². The Hall–Kier alpha value is -4.60. The van der Waals surface area contributed by atoms with Gasteiger partial charge in [-0.1, -0.05) is 6.07 Å². The summed E-state index contributed by atoms with van der Waals surface area (Å²) in [4.78, 5) is 39.7. The molecule has 3 aliphatic rings. The van der Waals surface area contributed by atoms with Crippen molar-refractivity contribution < 1.29 is 69.2 Å². The summed E-state index contributed by atoms with van der Waals surface area (Å²) in [6.45, 7) is 10.9. The number of carboxylic acid groups (broad SMARTS) is 3. The molecule has 22 heteroatoms. The maximum Gasteiger partial charge on any atom is 0.490 e. The van der Waals surface area contributed by atoms with Crippen molar-refractivity contribution in [3.05, 3.63) is 48.0 Å². The molecule has 0 spiro atoms. The number of halogens is 9. The third-order valence-corrected chi connectivity index (χ3v) is 8.17. The first-order chi connectivity index (χ1) is 24.6. The van der Waals surface area contributed by atoms with Gasteiger partial charge in [0.25, 0.3) is 0 Å². The highest BCUT2D eigenvalue weighted by Gasteiger charge is 2.39. The fraction of sp³-hybridized carbons (Fsp3) is 0.581. The molecule has 5 heterocycles. The number of carboxylic acids is 3. The first kappa shape index (κ1) is 42.8. The van der Waals surface area contributed by atoms with Crippen LogP contribution in [0.15, 0.2) is 36.8 Å². The van der Waals surface area contributed by atoms with Crippen LogP contribution in [-0.4, -0.2) is 120 Å². The van der Waals surface area contributed by atoms with E-state index in [-0.39, 0.29) is 0 Å². The van der Waals surface area contributed by atoms with E-state index in [2.05, 4.69) is 61.7 Å². The van der Waals surface area contributed by atoms with Gasteiger partial charge in [0.15, 0.2) is 0 Å². The van der Waals surface area contributed by atoms with Crippen LogP contribution in [0.3, 0.4) is 0 Å². The Kier molecular flexibility index (Phi) is 14.5. The molecule has 6 rings (SSSR count). The van der Waals surface area contributed by atoms with Crippen LogP contribution in [0.5, 0.6) is 0 Å². The number of aryl methyl sites for hydroxylation is 1. The van der Waals surface area contributed by atoms with Crippen LogP contribution in [0, 0.1) is 5.92 Å². The summed E-state index contributed by atoms with van der Waals surface area (Å²) in [5.41, 5.74) is 3.62. The van der Waals surface area contributed by atoms with Gasteiger partial charge in [0.1, 0.15) is 11.5 Å². The highest BCUT2D eigenvalue weighted by Crippen LogP contribution is 2.35. The molecule has 1 aliphatic carbocycles. The minimum atomic E-state index is -5.08. The molecule has 53 heavy (non-hydrogen) atoms. The number of anilines is 1. The Morgan fingerprint density at radius 2 is 1.36 bits per heavy atom. The zero-order valence-corrected chi connectivity index (χ0v) is 28.2. The second-order valence-electron chi connectivity index (χ2n) is 12.3. The van der Waals surface area contributed by atoms with E-state index in [0.29, 0.717) is 6.04 Å². The smallest absolute Gasteiger partial charge is 0.475 e. The number of aromatic nitrogens is 4. The van der Waals surface area contributed by atoms with Crippen LogP contribution in [-0.2, 0) is 27.5 Å². The molecule has 0 radical (unpaired) electrons. The van der Waals surface area contributed by atoms with Crippen LogP contribution in [0.4, 0.5) is 45.3 Å². The molecule has 296 valence electrons. The van der Waals surface area contributed by atoms with E-state index in [1.165, 1.54) is 49.3 Å². The van der Waals surface area contributed by atoms with E-state index in [1.807, 2.05) is 10.9 Å². The highest BCUT2D eigenvalue weighted by atomic mass is 19.4. The first-order valence-electron chi connectivity index (χ1n) is 16.2. The van der Waals surface area contributed by atoms with Crippen LogP contribution >= 0.6 is 0 Å². The average molecular weight is 776 g/mol. The van der Waals surface area contributed by atoms with Gasteiger partial charge in [-0.15, -0.1) is 0 Å². The molecule has 0 bridgehead atoms. The lowest BCUT2D eigenvalue weighted by Crippen LogP contribution is -2.48. The van der Waals surface area contributed by atoms with E-state index < -0.39 is 36.4 Å². The van der Waals surface area contributed by atoms with Gasteiger partial charge in [0, 0.05) is 70.3 Å². The standard InChI is InChI=1S/C25H35N7.3C2HF3O2/c1-2-31-17-21(14-26-31)15-28-12-13-30(16-20-8-9-20)23(19-28)22-18-32-24(27-22)6-5-7-25(32)29-10-3-4-11-29;3*3-2(4,5)1(6)7/h5-7,14,17-18,20,23H,2-4,8-13,15-16,19H2,1H3;3*(H,6,7). The van der Waals surface area contributed by atoms with E-state index in [9.17, 15) is 39.5 Å². The Balaban J connectivity index is 0.000000296. The summed E-state index contributed by atoms with van der Waals surface area (Å²) in [7, 11) is 0. The minimum absolute atomic E-state index is 0.358.